The van der Waals surface area contributed by atoms with Crippen LogP contribution >= 0.6 is 11.3 Å². The van der Waals surface area contributed by atoms with E-state index in [1.807, 2.05) is 0 Å². The zero-order valence-corrected chi connectivity index (χ0v) is 12.0. The number of hydrogen-bond donors (Lipinski definition) is 2. The van der Waals surface area contributed by atoms with Crippen molar-refractivity contribution in [1.82, 2.24) is 4.72 Å². The van der Waals surface area contributed by atoms with Crippen LogP contribution in [-0.2, 0) is 21.4 Å². The molecule has 2 N–H and O–H groups in total. The van der Waals surface area contributed by atoms with E-state index in [1.54, 1.807) is 14.0 Å². The van der Waals surface area contributed by atoms with Crippen LogP contribution in [0.3, 0.4) is 0 Å². The number of thiophene rings is 1. The van der Waals surface area contributed by atoms with Gasteiger partial charge >= 0.3 is 0 Å². The van der Waals surface area contributed by atoms with E-state index in [0.717, 1.165) is 0 Å². The lowest BCUT2D eigenvalue weighted by Crippen LogP contribution is -2.47. The molecule has 1 aliphatic rings. The number of aliphatic hydroxyl groups is 1. The van der Waals surface area contributed by atoms with Gasteiger partial charge in [-0.1, -0.05) is 0 Å². The summed E-state index contributed by atoms with van der Waals surface area (Å²) in [6.07, 6.45) is 1.59. The highest BCUT2D eigenvalue weighted by Crippen LogP contribution is 2.28. The van der Waals surface area contributed by atoms with E-state index < -0.39 is 10.0 Å². The van der Waals surface area contributed by atoms with Crippen LogP contribution in [0.15, 0.2) is 11.0 Å². The maximum atomic E-state index is 12.2. The third kappa shape index (κ3) is 2.75. The van der Waals surface area contributed by atoms with Crippen LogP contribution < -0.4 is 4.72 Å². The molecule has 0 unspecified atom stereocenters. The number of sulfonamides is 1. The lowest BCUT2D eigenvalue weighted by Gasteiger charge is -2.34. The van der Waals surface area contributed by atoms with Crippen molar-refractivity contribution in [2.24, 2.45) is 0 Å². The van der Waals surface area contributed by atoms with Crippen LogP contribution in [0.4, 0.5) is 0 Å². The summed E-state index contributed by atoms with van der Waals surface area (Å²) in [7, 11) is -1.85. The van der Waals surface area contributed by atoms with Gasteiger partial charge in [-0.3, -0.25) is 0 Å². The summed E-state index contributed by atoms with van der Waals surface area (Å²) in [4.78, 5) is 1.64. The molecule has 1 saturated carbocycles. The predicted molar refractivity (Wildman–Crippen MR) is 69.1 cm³/mol. The fourth-order valence-corrected chi connectivity index (χ4v) is 4.76. The van der Waals surface area contributed by atoms with Crippen molar-refractivity contribution >= 4 is 21.4 Å². The average Bonchev–Trinajstić information content (AvgIpc) is 2.65. The second kappa shape index (κ2) is 5.26. The molecule has 5 nitrogen and oxygen atoms in total. The summed E-state index contributed by atoms with van der Waals surface area (Å²) < 4.78 is 32.1. The van der Waals surface area contributed by atoms with E-state index in [1.165, 1.54) is 17.4 Å². The van der Waals surface area contributed by atoms with Gasteiger partial charge in [0.05, 0.1) is 17.6 Å². The Labute approximate surface area is 111 Å². The van der Waals surface area contributed by atoms with Gasteiger partial charge in [0, 0.05) is 22.9 Å². The summed E-state index contributed by atoms with van der Waals surface area (Å²) in [5.41, 5.74) is 0. The molecule has 1 fully saturated rings. The minimum absolute atomic E-state index is 0.0446. The van der Waals surface area contributed by atoms with Crippen LogP contribution in [0.1, 0.15) is 22.6 Å². The smallest absolute Gasteiger partial charge is 0.241 e. The van der Waals surface area contributed by atoms with E-state index in [0.29, 0.717) is 22.6 Å². The molecule has 0 bridgehead atoms. The van der Waals surface area contributed by atoms with Crippen molar-refractivity contribution in [3.05, 3.63) is 15.8 Å². The summed E-state index contributed by atoms with van der Waals surface area (Å²) in [6, 6.07) is 1.49. The van der Waals surface area contributed by atoms with Crippen molar-refractivity contribution in [3.63, 3.8) is 0 Å². The predicted octanol–water partition coefficient (Wildman–Crippen LogP) is 1.00. The van der Waals surface area contributed by atoms with Gasteiger partial charge in [-0.2, -0.15) is 0 Å². The third-order valence-electron chi connectivity index (χ3n) is 3.12. The fraction of sp³-hybridized carbons (Fsp3) is 0.636. The van der Waals surface area contributed by atoms with Crippen LogP contribution in [-0.4, -0.2) is 32.8 Å². The molecule has 18 heavy (non-hydrogen) atoms. The Balaban J connectivity index is 2.09. The van der Waals surface area contributed by atoms with E-state index in [2.05, 4.69) is 4.72 Å². The first-order valence-electron chi connectivity index (χ1n) is 5.71. The van der Waals surface area contributed by atoms with Crippen molar-refractivity contribution < 1.29 is 18.3 Å². The number of aryl methyl sites for hydroxylation is 1. The molecule has 0 radical (unpaired) electrons. The Morgan fingerprint density at radius 3 is 2.72 bits per heavy atom. The van der Waals surface area contributed by atoms with Gasteiger partial charge in [0.2, 0.25) is 10.0 Å². The van der Waals surface area contributed by atoms with Crippen LogP contribution in [0.2, 0.25) is 0 Å². The van der Waals surface area contributed by atoms with Gasteiger partial charge in [0.15, 0.2) is 0 Å². The lowest BCUT2D eigenvalue weighted by atomic mass is 9.90. The molecule has 0 amide bonds. The zero-order valence-electron chi connectivity index (χ0n) is 10.3. The van der Waals surface area contributed by atoms with E-state index in [4.69, 9.17) is 9.84 Å². The Kier molecular flexibility index (Phi) is 4.08. The highest BCUT2D eigenvalue weighted by molar-refractivity contribution is 7.89. The average molecular weight is 291 g/mol. The largest absolute Gasteiger partial charge is 0.391 e. The first kappa shape index (κ1) is 14.0. The highest BCUT2D eigenvalue weighted by atomic mass is 32.2. The summed E-state index contributed by atoms with van der Waals surface area (Å²) in [5.74, 6) is 0. The molecule has 0 spiro atoms. The van der Waals surface area contributed by atoms with E-state index in [-0.39, 0.29) is 23.6 Å². The third-order valence-corrected chi connectivity index (χ3v) is 5.93. The number of ether oxygens (including phenoxy) is 1. The monoisotopic (exact) mass is 291 g/mol. The number of nitrogens with one attached hydrogen (secondary N) is 1. The summed E-state index contributed by atoms with van der Waals surface area (Å²) >= 11 is 1.31. The Hall–Kier alpha value is -0.470. The molecule has 102 valence electrons. The molecule has 1 heterocycles. The maximum Gasteiger partial charge on any atom is 0.241 e. The quantitative estimate of drug-likeness (QED) is 0.849. The normalized spacial score (nSPS) is 23.9. The Bertz CT molecular complexity index is 517. The second-order valence-corrected chi connectivity index (χ2v) is 7.46. The number of rotatable bonds is 5. The minimum Gasteiger partial charge on any atom is -0.391 e. The molecule has 1 aromatic heterocycles. The van der Waals surface area contributed by atoms with Gasteiger partial charge in [-0.05, 0) is 25.8 Å². The molecular weight excluding hydrogens is 274 g/mol. The van der Waals surface area contributed by atoms with Crippen molar-refractivity contribution in [1.29, 1.82) is 0 Å². The van der Waals surface area contributed by atoms with Crippen LogP contribution in [0.5, 0.6) is 0 Å². The number of methoxy groups -OCH3 is 1. The standard InChI is InChI=1S/C11H17NO4S2/c1-7-11(5-10(6-13)17-7)18(14,15)12-8-3-9(4-8)16-2/h5,8-9,12-13H,3-4,6H2,1-2H3. The minimum atomic E-state index is -3.48. The van der Waals surface area contributed by atoms with Crippen LogP contribution in [0.25, 0.3) is 0 Å². The highest BCUT2D eigenvalue weighted by Gasteiger charge is 2.33. The van der Waals surface area contributed by atoms with Gasteiger partial charge in [0.1, 0.15) is 0 Å². The van der Waals surface area contributed by atoms with Crippen molar-refractivity contribution in [2.75, 3.05) is 7.11 Å². The first-order valence-corrected chi connectivity index (χ1v) is 8.01. The fourth-order valence-electron chi connectivity index (χ4n) is 2.01. The van der Waals surface area contributed by atoms with Gasteiger partial charge in [-0.25, -0.2) is 13.1 Å². The zero-order chi connectivity index (χ0) is 13.3. The molecule has 1 aliphatic carbocycles. The molecule has 0 aromatic carbocycles. The molecule has 1 aromatic rings. The molecular formula is C11H17NO4S2. The van der Waals surface area contributed by atoms with Crippen molar-refractivity contribution in [3.8, 4) is 0 Å². The van der Waals surface area contributed by atoms with Gasteiger partial charge in [-0.15, -0.1) is 11.3 Å². The molecule has 7 heteroatoms. The topological polar surface area (TPSA) is 75.6 Å². The number of aliphatic hydroxyl groups excluding tert-OH is 1. The van der Waals surface area contributed by atoms with Gasteiger partial charge < -0.3 is 9.84 Å². The van der Waals surface area contributed by atoms with Crippen LogP contribution in [0, 0.1) is 6.92 Å². The summed E-state index contributed by atoms with van der Waals surface area (Å²) in [6.45, 7) is 1.62. The molecule has 0 atom stereocenters. The lowest BCUT2D eigenvalue weighted by molar-refractivity contribution is 0.0236. The maximum absolute atomic E-state index is 12.2. The van der Waals surface area contributed by atoms with Gasteiger partial charge in [0.25, 0.3) is 0 Å². The van der Waals surface area contributed by atoms with E-state index in [9.17, 15) is 8.42 Å². The molecule has 0 aliphatic heterocycles. The molecule has 2 rings (SSSR count). The first-order chi connectivity index (χ1) is 8.46. The van der Waals surface area contributed by atoms with E-state index >= 15 is 0 Å². The van der Waals surface area contributed by atoms with Crippen molar-refractivity contribution in [2.45, 2.75) is 43.4 Å². The summed E-state index contributed by atoms with van der Waals surface area (Å²) in [5, 5.41) is 9.03. The molecule has 0 saturated heterocycles. The Morgan fingerprint density at radius 1 is 1.56 bits per heavy atom. The number of hydrogen-bond acceptors (Lipinski definition) is 5. The Morgan fingerprint density at radius 2 is 2.22 bits per heavy atom. The second-order valence-electron chi connectivity index (χ2n) is 4.44. The SMILES string of the molecule is COC1CC(NS(=O)(=O)c2cc(CO)sc2C)C1.